The van der Waals surface area contributed by atoms with Gasteiger partial charge in [0.1, 0.15) is 0 Å². The van der Waals surface area contributed by atoms with Crippen LogP contribution in [0.5, 0.6) is 0 Å². The number of carbonyl (C=O) groups excluding carboxylic acids is 1. The van der Waals surface area contributed by atoms with Gasteiger partial charge in [-0.2, -0.15) is 0 Å². The van der Waals surface area contributed by atoms with Crippen molar-refractivity contribution in [3.8, 4) is 0 Å². The first-order valence-electron chi connectivity index (χ1n) is 6.42. The number of nitrogens with one attached hydrogen (secondary N) is 1. The van der Waals surface area contributed by atoms with Gasteiger partial charge in [-0.1, -0.05) is 30.3 Å². The molecule has 22 heavy (non-hydrogen) atoms. The summed E-state index contributed by atoms with van der Waals surface area (Å²) in [6.07, 6.45) is 0.615. The summed E-state index contributed by atoms with van der Waals surface area (Å²) in [6, 6.07) is 15.3. The molecule has 0 bridgehead atoms. The van der Waals surface area contributed by atoms with Gasteiger partial charge in [-0.3, -0.25) is 4.79 Å². The van der Waals surface area contributed by atoms with E-state index in [1.807, 2.05) is 6.07 Å². The van der Waals surface area contributed by atoms with Gasteiger partial charge in [0, 0.05) is 12.1 Å². The van der Waals surface area contributed by atoms with Crippen LogP contribution < -0.4 is 40.0 Å². The molecule has 0 atom stereocenters. The number of primary sulfonamides is 1. The molecule has 2 aromatic rings. The molecule has 0 heterocycles. The molecule has 0 radical (unpaired) electrons. The Morgan fingerprint density at radius 1 is 1.05 bits per heavy atom. The summed E-state index contributed by atoms with van der Waals surface area (Å²) in [5, 5.41) is 7.84. The third-order valence-electron chi connectivity index (χ3n) is 2.99. The minimum Gasteiger partial charge on any atom is -1.00 e. The quantitative estimate of drug-likeness (QED) is 0.650. The fraction of sp³-hybridized carbons (Fsp3) is 0.133. The number of sulfonamides is 1. The zero-order chi connectivity index (χ0) is 15.3. The second-order valence-electron chi connectivity index (χ2n) is 4.56. The van der Waals surface area contributed by atoms with Crippen LogP contribution in [0.2, 0.25) is 0 Å². The van der Waals surface area contributed by atoms with Gasteiger partial charge in [-0.25, -0.2) is 13.6 Å². The van der Waals surface area contributed by atoms with E-state index in [1.54, 1.807) is 36.4 Å². The molecule has 0 aliphatic rings. The largest absolute Gasteiger partial charge is 1.00 e. The third-order valence-corrected chi connectivity index (χ3v) is 3.92. The van der Waals surface area contributed by atoms with Gasteiger partial charge in [0.2, 0.25) is 10.0 Å². The van der Waals surface area contributed by atoms with Crippen molar-refractivity contribution >= 4 is 15.9 Å². The van der Waals surface area contributed by atoms with Gasteiger partial charge >= 0.3 is 29.6 Å². The van der Waals surface area contributed by atoms with Crippen LogP contribution in [0.15, 0.2) is 59.5 Å². The topological polar surface area (TPSA) is 89.3 Å². The molecule has 0 unspecified atom stereocenters. The van der Waals surface area contributed by atoms with Crippen molar-refractivity contribution in [2.45, 2.75) is 11.3 Å². The zero-order valence-electron chi connectivity index (χ0n) is 13.3. The van der Waals surface area contributed by atoms with Crippen molar-refractivity contribution in [1.82, 2.24) is 5.32 Å². The van der Waals surface area contributed by atoms with Gasteiger partial charge in [0.05, 0.1) is 4.90 Å². The molecule has 5 nitrogen and oxygen atoms in total. The van der Waals surface area contributed by atoms with E-state index in [4.69, 9.17) is 5.14 Å². The molecular formula is C15H17N2NaO3S. The standard InChI is InChI=1S/C15H16N2O3S.Na.H/c16-21(19,20)14-8-6-12(7-9-14)10-11-17-15(18)13-4-2-1-3-5-13;;/h1-9H,10-11H2,(H,17,18)(H2,16,19,20);;/q;+1;-1. The van der Waals surface area contributed by atoms with Gasteiger partial charge in [-0.15, -0.1) is 0 Å². The molecule has 2 rings (SSSR count). The van der Waals surface area contributed by atoms with E-state index in [-0.39, 0.29) is 41.8 Å². The van der Waals surface area contributed by atoms with Gasteiger partial charge in [-0.05, 0) is 36.2 Å². The molecule has 7 heteroatoms. The van der Waals surface area contributed by atoms with Crippen LogP contribution in [-0.2, 0) is 16.4 Å². The Balaban J connectivity index is 0.00000242. The maximum Gasteiger partial charge on any atom is 1.00 e. The van der Waals surface area contributed by atoms with E-state index < -0.39 is 10.0 Å². The van der Waals surface area contributed by atoms with Gasteiger partial charge < -0.3 is 6.74 Å². The molecule has 1 amide bonds. The first-order chi connectivity index (χ1) is 9.97. The predicted octanol–water partition coefficient (Wildman–Crippen LogP) is -1.58. The number of carbonyl (C=O) groups is 1. The summed E-state index contributed by atoms with van der Waals surface area (Å²) >= 11 is 0. The summed E-state index contributed by atoms with van der Waals surface area (Å²) in [5.41, 5.74) is 1.54. The SMILES string of the molecule is NS(=O)(=O)c1ccc(CCNC(=O)c2ccccc2)cc1.[H-].[Na+]. The van der Waals surface area contributed by atoms with Crippen molar-refractivity contribution in [3.63, 3.8) is 0 Å². The molecule has 0 spiro atoms. The van der Waals surface area contributed by atoms with Crippen molar-refractivity contribution in [1.29, 1.82) is 0 Å². The molecule has 0 aliphatic carbocycles. The van der Waals surface area contributed by atoms with Crippen LogP contribution in [0.4, 0.5) is 0 Å². The summed E-state index contributed by atoms with van der Waals surface area (Å²) < 4.78 is 22.3. The van der Waals surface area contributed by atoms with Gasteiger partial charge in [0.25, 0.3) is 5.91 Å². The molecule has 3 N–H and O–H groups in total. The van der Waals surface area contributed by atoms with Crippen LogP contribution in [0.25, 0.3) is 0 Å². The smallest absolute Gasteiger partial charge is 1.00 e. The Kier molecular flexibility index (Phi) is 7.25. The summed E-state index contributed by atoms with van der Waals surface area (Å²) in [5.74, 6) is -0.128. The van der Waals surface area contributed by atoms with Crippen LogP contribution in [0, 0.1) is 0 Å². The molecule has 0 saturated heterocycles. The maximum atomic E-state index is 11.8. The van der Waals surface area contributed by atoms with Crippen LogP contribution >= 0.6 is 0 Å². The average Bonchev–Trinajstić information content (AvgIpc) is 2.47. The van der Waals surface area contributed by atoms with E-state index in [2.05, 4.69) is 5.32 Å². The normalized spacial score (nSPS) is 10.6. The number of benzene rings is 2. The first-order valence-corrected chi connectivity index (χ1v) is 7.96. The van der Waals surface area contributed by atoms with Crippen LogP contribution in [0.1, 0.15) is 17.3 Å². The van der Waals surface area contributed by atoms with Crippen molar-refractivity contribution in [2.75, 3.05) is 6.54 Å². The monoisotopic (exact) mass is 328 g/mol. The van der Waals surface area contributed by atoms with Gasteiger partial charge in [0.15, 0.2) is 0 Å². The van der Waals surface area contributed by atoms with Crippen LogP contribution in [0.3, 0.4) is 0 Å². The first kappa shape index (κ1) is 18.9. The zero-order valence-corrected chi connectivity index (χ0v) is 15.1. The second kappa shape index (κ2) is 8.45. The summed E-state index contributed by atoms with van der Waals surface area (Å²) in [6.45, 7) is 0.475. The van der Waals surface area contributed by atoms with E-state index in [0.717, 1.165) is 5.56 Å². The molecule has 0 saturated carbocycles. The number of hydrogen-bond acceptors (Lipinski definition) is 3. The van der Waals surface area contributed by atoms with E-state index in [1.165, 1.54) is 12.1 Å². The van der Waals surface area contributed by atoms with E-state index >= 15 is 0 Å². The fourth-order valence-electron chi connectivity index (χ4n) is 1.86. The minimum absolute atomic E-state index is 0. The second-order valence-corrected chi connectivity index (χ2v) is 6.12. The summed E-state index contributed by atoms with van der Waals surface area (Å²) in [4.78, 5) is 11.9. The Labute approximate surface area is 153 Å². The molecular weight excluding hydrogens is 311 g/mol. The molecule has 112 valence electrons. The van der Waals surface area contributed by atoms with Crippen molar-refractivity contribution in [3.05, 3.63) is 65.7 Å². The molecule has 0 aromatic heterocycles. The average molecular weight is 328 g/mol. The van der Waals surface area contributed by atoms with Crippen molar-refractivity contribution < 1.29 is 44.2 Å². The summed E-state index contributed by atoms with van der Waals surface area (Å²) in [7, 11) is -3.66. The number of amides is 1. The Bertz CT molecular complexity index is 722. The Morgan fingerprint density at radius 2 is 1.64 bits per heavy atom. The molecule has 2 aromatic carbocycles. The van der Waals surface area contributed by atoms with Crippen molar-refractivity contribution in [2.24, 2.45) is 5.14 Å². The fourth-order valence-corrected chi connectivity index (χ4v) is 2.37. The predicted molar refractivity (Wildman–Crippen MR) is 81.4 cm³/mol. The number of rotatable bonds is 5. The molecule has 0 fully saturated rings. The van der Waals surface area contributed by atoms with Crippen LogP contribution in [-0.4, -0.2) is 20.9 Å². The van der Waals surface area contributed by atoms with E-state index in [0.29, 0.717) is 18.5 Å². The Morgan fingerprint density at radius 3 is 2.18 bits per heavy atom. The number of nitrogens with two attached hydrogens (primary N) is 1. The minimum atomic E-state index is -3.66. The maximum absolute atomic E-state index is 11.8. The third kappa shape index (κ3) is 5.55. The number of hydrogen-bond donors (Lipinski definition) is 2. The van der Waals surface area contributed by atoms with E-state index in [9.17, 15) is 13.2 Å². The Hall–Kier alpha value is -1.18. The molecule has 0 aliphatic heterocycles.